The van der Waals surface area contributed by atoms with Gasteiger partial charge in [0.1, 0.15) is 0 Å². The summed E-state index contributed by atoms with van der Waals surface area (Å²) in [5.41, 5.74) is 1.10. The van der Waals surface area contributed by atoms with Crippen LogP contribution in [0.2, 0.25) is 0 Å². The maximum atomic E-state index is 12.7. The monoisotopic (exact) mass is 403 g/mol. The van der Waals surface area contributed by atoms with E-state index in [1.54, 1.807) is 23.1 Å². The molecule has 2 heterocycles. The predicted octanol–water partition coefficient (Wildman–Crippen LogP) is 2.93. The Balaban J connectivity index is 1.46. The number of hydrogen-bond acceptors (Lipinski definition) is 5. The van der Waals surface area contributed by atoms with E-state index in [1.165, 1.54) is 0 Å². The first kappa shape index (κ1) is 19.9. The number of thiophene rings is 1. The zero-order valence-electron chi connectivity index (χ0n) is 15.5. The highest BCUT2D eigenvalue weighted by atomic mass is 32.2. The van der Waals surface area contributed by atoms with Gasteiger partial charge in [-0.3, -0.25) is 14.5 Å². The summed E-state index contributed by atoms with van der Waals surface area (Å²) in [6.45, 7) is 3.90. The molecule has 144 valence electrons. The SMILES string of the molecule is CSc1ccc(C(=O)N2CCCN(CC(=O)NCc3ccccc3)CC2)s1. The molecular weight excluding hydrogens is 378 g/mol. The van der Waals surface area contributed by atoms with E-state index in [0.717, 1.165) is 40.7 Å². The van der Waals surface area contributed by atoms with Crippen LogP contribution in [0, 0.1) is 0 Å². The summed E-state index contributed by atoms with van der Waals surface area (Å²) in [6, 6.07) is 13.8. The van der Waals surface area contributed by atoms with Gasteiger partial charge in [-0.05, 0) is 30.4 Å². The molecule has 2 aromatic rings. The summed E-state index contributed by atoms with van der Waals surface area (Å²) >= 11 is 3.21. The fourth-order valence-corrected chi connectivity index (χ4v) is 4.60. The first-order valence-corrected chi connectivity index (χ1v) is 11.2. The molecule has 2 amide bonds. The van der Waals surface area contributed by atoms with Crippen molar-refractivity contribution in [2.45, 2.75) is 17.2 Å². The van der Waals surface area contributed by atoms with Gasteiger partial charge in [0.05, 0.1) is 15.6 Å². The molecule has 0 bridgehead atoms. The Bertz CT molecular complexity index is 764. The van der Waals surface area contributed by atoms with Gasteiger partial charge in [0, 0.05) is 32.7 Å². The van der Waals surface area contributed by atoms with Gasteiger partial charge < -0.3 is 10.2 Å². The van der Waals surface area contributed by atoms with Gasteiger partial charge in [-0.25, -0.2) is 0 Å². The fraction of sp³-hybridized carbons (Fsp3) is 0.400. The van der Waals surface area contributed by atoms with Crippen molar-refractivity contribution in [3.63, 3.8) is 0 Å². The zero-order chi connectivity index (χ0) is 19.1. The van der Waals surface area contributed by atoms with Crippen molar-refractivity contribution in [2.24, 2.45) is 0 Å². The molecule has 27 heavy (non-hydrogen) atoms. The van der Waals surface area contributed by atoms with Crippen molar-refractivity contribution in [2.75, 3.05) is 39.0 Å². The smallest absolute Gasteiger partial charge is 0.264 e. The predicted molar refractivity (Wildman–Crippen MR) is 111 cm³/mol. The molecule has 0 aliphatic carbocycles. The van der Waals surface area contributed by atoms with E-state index in [-0.39, 0.29) is 11.8 Å². The summed E-state index contributed by atoms with van der Waals surface area (Å²) in [6.07, 6.45) is 2.91. The average Bonchev–Trinajstić information content (AvgIpc) is 3.06. The number of hydrogen-bond donors (Lipinski definition) is 1. The molecule has 0 saturated carbocycles. The molecule has 0 atom stereocenters. The van der Waals surface area contributed by atoms with E-state index < -0.39 is 0 Å². The van der Waals surface area contributed by atoms with Crippen LogP contribution in [0.1, 0.15) is 21.7 Å². The topological polar surface area (TPSA) is 52.7 Å². The Hall–Kier alpha value is -1.83. The number of nitrogens with one attached hydrogen (secondary N) is 1. The summed E-state index contributed by atoms with van der Waals surface area (Å²) in [4.78, 5) is 29.8. The van der Waals surface area contributed by atoms with Crippen molar-refractivity contribution in [1.29, 1.82) is 0 Å². The highest BCUT2D eigenvalue weighted by molar-refractivity contribution is 8.00. The van der Waals surface area contributed by atoms with E-state index in [2.05, 4.69) is 10.2 Å². The van der Waals surface area contributed by atoms with Gasteiger partial charge in [-0.1, -0.05) is 30.3 Å². The van der Waals surface area contributed by atoms with Crippen LogP contribution in [0.15, 0.2) is 46.7 Å². The number of amides is 2. The van der Waals surface area contributed by atoms with Gasteiger partial charge in [0.15, 0.2) is 0 Å². The maximum absolute atomic E-state index is 12.7. The van der Waals surface area contributed by atoms with Gasteiger partial charge in [0.2, 0.25) is 5.91 Å². The Labute approximate surface area is 168 Å². The van der Waals surface area contributed by atoms with Crippen molar-refractivity contribution < 1.29 is 9.59 Å². The van der Waals surface area contributed by atoms with E-state index in [9.17, 15) is 9.59 Å². The van der Waals surface area contributed by atoms with Gasteiger partial charge >= 0.3 is 0 Å². The van der Waals surface area contributed by atoms with E-state index in [4.69, 9.17) is 0 Å². The van der Waals surface area contributed by atoms with Crippen molar-refractivity contribution in [3.8, 4) is 0 Å². The molecule has 1 aromatic heterocycles. The highest BCUT2D eigenvalue weighted by Gasteiger charge is 2.22. The third kappa shape index (κ3) is 5.82. The number of thioether (sulfide) groups is 1. The largest absolute Gasteiger partial charge is 0.351 e. The molecule has 1 saturated heterocycles. The van der Waals surface area contributed by atoms with Crippen LogP contribution in [0.3, 0.4) is 0 Å². The van der Waals surface area contributed by atoms with Crippen LogP contribution in [0.25, 0.3) is 0 Å². The fourth-order valence-electron chi connectivity index (χ4n) is 3.09. The molecule has 1 aromatic carbocycles. The van der Waals surface area contributed by atoms with Crippen molar-refractivity contribution in [1.82, 2.24) is 15.1 Å². The number of carbonyl (C=O) groups excluding carboxylic acids is 2. The second kappa shape index (κ2) is 9.92. The van der Waals surface area contributed by atoms with Gasteiger partial charge in [0.25, 0.3) is 5.91 Å². The molecule has 1 aliphatic heterocycles. The van der Waals surface area contributed by atoms with Crippen LogP contribution >= 0.6 is 23.1 Å². The van der Waals surface area contributed by atoms with Crippen LogP contribution in [0.5, 0.6) is 0 Å². The summed E-state index contributed by atoms with van der Waals surface area (Å²) < 4.78 is 1.16. The second-order valence-corrected chi connectivity index (χ2v) is 8.70. The van der Waals surface area contributed by atoms with Gasteiger partial charge in [-0.15, -0.1) is 23.1 Å². The molecule has 7 heteroatoms. The van der Waals surface area contributed by atoms with Crippen LogP contribution in [-0.4, -0.2) is 60.6 Å². The maximum Gasteiger partial charge on any atom is 0.264 e. The third-order valence-electron chi connectivity index (χ3n) is 4.57. The molecule has 0 unspecified atom stereocenters. The zero-order valence-corrected chi connectivity index (χ0v) is 17.2. The number of carbonyl (C=O) groups is 2. The molecule has 5 nitrogen and oxygen atoms in total. The molecule has 1 N–H and O–H groups in total. The molecule has 0 radical (unpaired) electrons. The molecule has 1 aliphatic rings. The normalized spacial score (nSPS) is 15.4. The Morgan fingerprint density at radius 2 is 1.89 bits per heavy atom. The number of rotatable bonds is 6. The lowest BCUT2D eigenvalue weighted by molar-refractivity contribution is -0.122. The lowest BCUT2D eigenvalue weighted by Gasteiger charge is -2.21. The van der Waals surface area contributed by atoms with Crippen molar-refractivity contribution in [3.05, 3.63) is 52.9 Å². The van der Waals surface area contributed by atoms with E-state index in [1.807, 2.05) is 53.6 Å². The Morgan fingerprint density at radius 3 is 2.63 bits per heavy atom. The minimum absolute atomic E-state index is 0.0292. The Morgan fingerprint density at radius 1 is 1.07 bits per heavy atom. The number of benzene rings is 1. The van der Waals surface area contributed by atoms with E-state index >= 15 is 0 Å². The highest BCUT2D eigenvalue weighted by Crippen LogP contribution is 2.26. The van der Waals surface area contributed by atoms with Crippen LogP contribution < -0.4 is 5.32 Å². The van der Waals surface area contributed by atoms with Gasteiger partial charge in [-0.2, -0.15) is 0 Å². The standard InChI is InChI=1S/C20H25N3O2S2/c1-26-19-9-8-17(27-19)20(25)23-11-5-10-22(12-13-23)15-18(24)21-14-16-6-3-2-4-7-16/h2-4,6-9H,5,10-15H2,1H3,(H,21,24). The molecule has 3 rings (SSSR count). The van der Waals surface area contributed by atoms with Crippen LogP contribution in [-0.2, 0) is 11.3 Å². The molecular formula is C20H25N3O2S2. The summed E-state index contributed by atoms with van der Waals surface area (Å²) in [5, 5.41) is 2.97. The quantitative estimate of drug-likeness (QED) is 0.754. The van der Waals surface area contributed by atoms with Crippen LogP contribution in [0.4, 0.5) is 0 Å². The molecule has 1 fully saturated rings. The summed E-state index contributed by atoms with van der Waals surface area (Å²) in [5.74, 6) is 0.136. The lowest BCUT2D eigenvalue weighted by Crippen LogP contribution is -2.39. The second-order valence-electron chi connectivity index (χ2n) is 6.51. The minimum Gasteiger partial charge on any atom is -0.351 e. The average molecular weight is 404 g/mol. The first-order chi connectivity index (χ1) is 13.2. The Kier molecular flexibility index (Phi) is 7.32. The minimum atomic E-state index is 0.0292. The van der Waals surface area contributed by atoms with Crippen molar-refractivity contribution >= 4 is 34.9 Å². The number of nitrogens with zero attached hydrogens (tertiary/aromatic N) is 2. The van der Waals surface area contributed by atoms with E-state index in [0.29, 0.717) is 19.6 Å². The first-order valence-electron chi connectivity index (χ1n) is 9.12. The lowest BCUT2D eigenvalue weighted by atomic mass is 10.2. The molecule has 0 spiro atoms. The summed E-state index contributed by atoms with van der Waals surface area (Å²) in [7, 11) is 0. The third-order valence-corrected chi connectivity index (χ3v) is 6.73.